The fourth-order valence-corrected chi connectivity index (χ4v) is 3.45. The van der Waals surface area contributed by atoms with Crippen molar-refractivity contribution in [2.75, 3.05) is 0 Å². The number of phenolic OH excluding ortho intramolecular Hbond substituents is 1. The molecule has 1 unspecified atom stereocenters. The maximum absolute atomic E-state index is 12.5. The molecule has 7 nitrogen and oxygen atoms in total. The van der Waals surface area contributed by atoms with Gasteiger partial charge in [-0.25, -0.2) is 4.79 Å². The first-order chi connectivity index (χ1) is 13.6. The molecule has 1 aromatic carbocycles. The van der Waals surface area contributed by atoms with Crippen LogP contribution in [0.15, 0.2) is 12.1 Å². The summed E-state index contributed by atoms with van der Waals surface area (Å²) in [7, 11) is 0. The SMILES string of the molecule is CCC1(C)NC(=O)N(NC(=O)CCc2cc(C(C)(C)C)c(O)c(C(C)(C)C)c2)C1=O. The summed E-state index contributed by atoms with van der Waals surface area (Å²) < 4.78 is 0. The van der Waals surface area contributed by atoms with Crippen LogP contribution in [0.1, 0.15) is 84.9 Å². The van der Waals surface area contributed by atoms with Gasteiger partial charge in [0.1, 0.15) is 11.3 Å². The van der Waals surface area contributed by atoms with Gasteiger partial charge in [0.05, 0.1) is 0 Å². The van der Waals surface area contributed by atoms with Gasteiger partial charge in [0, 0.05) is 6.42 Å². The van der Waals surface area contributed by atoms with Crippen LogP contribution in [0.5, 0.6) is 5.75 Å². The van der Waals surface area contributed by atoms with Crippen LogP contribution < -0.4 is 10.7 Å². The maximum atomic E-state index is 12.5. The van der Waals surface area contributed by atoms with E-state index in [1.54, 1.807) is 13.8 Å². The Morgan fingerprint density at radius 2 is 1.60 bits per heavy atom. The van der Waals surface area contributed by atoms with E-state index >= 15 is 0 Å². The summed E-state index contributed by atoms with van der Waals surface area (Å²) in [6.07, 6.45) is 0.966. The van der Waals surface area contributed by atoms with Gasteiger partial charge in [0.25, 0.3) is 5.91 Å². The lowest BCUT2D eigenvalue weighted by molar-refractivity contribution is -0.138. The van der Waals surface area contributed by atoms with E-state index in [4.69, 9.17) is 0 Å². The lowest BCUT2D eigenvalue weighted by Gasteiger charge is -2.28. The predicted molar refractivity (Wildman–Crippen MR) is 116 cm³/mol. The Morgan fingerprint density at radius 1 is 1.10 bits per heavy atom. The number of amides is 4. The molecule has 166 valence electrons. The van der Waals surface area contributed by atoms with E-state index in [9.17, 15) is 19.5 Å². The molecule has 4 amide bonds. The minimum absolute atomic E-state index is 0.109. The zero-order valence-electron chi connectivity index (χ0n) is 19.4. The third kappa shape index (κ3) is 4.77. The fourth-order valence-electron chi connectivity index (χ4n) is 3.45. The molecule has 3 N–H and O–H groups in total. The number of nitrogens with one attached hydrogen (secondary N) is 2. The van der Waals surface area contributed by atoms with Crippen molar-refractivity contribution in [1.29, 1.82) is 0 Å². The van der Waals surface area contributed by atoms with E-state index in [1.165, 1.54) is 0 Å². The van der Waals surface area contributed by atoms with E-state index in [2.05, 4.69) is 10.7 Å². The molecule has 0 bridgehead atoms. The van der Waals surface area contributed by atoms with Gasteiger partial charge in [0.15, 0.2) is 0 Å². The maximum Gasteiger partial charge on any atom is 0.344 e. The summed E-state index contributed by atoms with van der Waals surface area (Å²) in [4.78, 5) is 37.0. The van der Waals surface area contributed by atoms with E-state index in [0.29, 0.717) is 18.6 Å². The zero-order chi connectivity index (χ0) is 23.1. The molecule has 1 atom stereocenters. The van der Waals surface area contributed by atoms with Gasteiger partial charge in [-0.3, -0.25) is 15.0 Å². The number of carbonyl (C=O) groups excluding carboxylic acids is 3. The smallest absolute Gasteiger partial charge is 0.344 e. The van der Waals surface area contributed by atoms with Crippen molar-refractivity contribution in [2.24, 2.45) is 0 Å². The highest BCUT2D eigenvalue weighted by molar-refractivity contribution is 6.07. The van der Waals surface area contributed by atoms with Crippen molar-refractivity contribution >= 4 is 17.8 Å². The number of hydrogen-bond acceptors (Lipinski definition) is 4. The normalized spacial score (nSPS) is 19.8. The van der Waals surface area contributed by atoms with E-state index in [1.807, 2.05) is 53.7 Å². The highest BCUT2D eigenvalue weighted by atomic mass is 16.3. The van der Waals surface area contributed by atoms with Crippen LogP contribution in [0.2, 0.25) is 0 Å². The van der Waals surface area contributed by atoms with Crippen molar-refractivity contribution in [3.63, 3.8) is 0 Å². The molecule has 1 aliphatic heterocycles. The molecule has 0 aromatic heterocycles. The highest BCUT2D eigenvalue weighted by Gasteiger charge is 2.47. The monoisotopic (exact) mass is 417 g/mol. The Balaban J connectivity index is 2.18. The number of phenols is 1. The Bertz CT molecular complexity index is 829. The molecular formula is C23H35N3O4. The quantitative estimate of drug-likeness (QED) is 0.637. The molecule has 0 radical (unpaired) electrons. The molecule has 2 rings (SSSR count). The number of carbonyl (C=O) groups is 3. The van der Waals surface area contributed by atoms with Crippen LogP contribution >= 0.6 is 0 Å². The molecule has 7 heteroatoms. The van der Waals surface area contributed by atoms with Crippen LogP contribution in [0.3, 0.4) is 0 Å². The minimum Gasteiger partial charge on any atom is -0.507 e. The number of hydrogen-bond donors (Lipinski definition) is 3. The topological polar surface area (TPSA) is 98.7 Å². The van der Waals surface area contributed by atoms with Gasteiger partial charge in [-0.2, -0.15) is 5.01 Å². The number of aromatic hydroxyl groups is 1. The van der Waals surface area contributed by atoms with Crippen LogP contribution in [-0.2, 0) is 26.8 Å². The van der Waals surface area contributed by atoms with Gasteiger partial charge in [-0.05, 0) is 47.3 Å². The summed E-state index contributed by atoms with van der Waals surface area (Å²) in [5.41, 5.74) is 3.50. The molecule has 0 aliphatic carbocycles. The second-order valence-electron chi connectivity index (χ2n) is 10.3. The zero-order valence-corrected chi connectivity index (χ0v) is 19.4. The lowest BCUT2D eigenvalue weighted by Crippen LogP contribution is -2.48. The molecular weight excluding hydrogens is 382 g/mol. The second-order valence-corrected chi connectivity index (χ2v) is 10.3. The van der Waals surface area contributed by atoms with Gasteiger partial charge < -0.3 is 10.4 Å². The summed E-state index contributed by atoms with van der Waals surface area (Å²) in [5, 5.41) is 14.2. The highest BCUT2D eigenvalue weighted by Crippen LogP contribution is 2.40. The Labute approximate surface area is 179 Å². The first-order valence-electron chi connectivity index (χ1n) is 10.4. The molecule has 1 aromatic rings. The van der Waals surface area contributed by atoms with E-state index in [-0.39, 0.29) is 17.3 Å². The number of urea groups is 1. The van der Waals surface area contributed by atoms with Crippen molar-refractivity contribution in [2.45, 2.75) is 91.0 Å². The average Bonchev–Trinajstić information content (AvgIpc) is 2.82. The van der Waals surface area contributed by atoms with Gasteiger partial charge in [-0.15, -0.1) is 0 Å². The molecule has 1 fully saturated rings. The molecule has 1 aliphatic rings. The minimum atomic E-state index is -0.995. The molecule has 0 saturated carbocycles. The first kappa shape index (κ1) is 23.7. The van der Waals surface area contributed by atoms with E-state index < -0.39 is 23.4 Å². The van der Waals surface area contributed by atoms with Crippen molar-refractivity contribution in [3.8, 4) is 5.75 Å². The third-order valence-corrected chi connectivity index (χ3v) is 5.63. The fraction of sp³-hybridized carbons (Fsp3) is 0.609. The number of rotatable bonds is 5. The standard InChI is InChI=1S/C23H35N3O4/c1-9-23(8)19(29)26(20(30)24-23)25-17(27)11-10-14-12-15(21(2,3)4)18(28)16(13-14)22(5,6)7/h12-13,28H,9-11H2,1-8H3,(H,24,30)(H,25,27). The number of hydrazine groups is 1. The van der Waals surface area contributed by atoms with Gasteiger partial charge >= 0.3 is 6.03 Å². The summed E-state index contributed by atoms with van der Waals surface area (Å²) in [5.74, 6) is -0.582. The molecule has 0 spiro atoms. The summed E-state index contributed by atoms with van der Waals surface area (Å²) >= 11 is 0. The second kappa shape index (κ2) is 7.93. The van der Waals surface area contributed by atoms with Crippen LogP contribution in [0, 0.1) is 0 Å². The van der Waals surface area contributed by atoms with Crippen LogP contribution in [0.4, 0.5) is 4.79 Å². The summed E-state index contributed by atoms with van der Waals surface area (Å²) in [6.45, 7) is 15.6. The Morgan fingerprint density at radius 3 is 2.00 bits per heavy atom. The Kier molecular flexibility index (Phi) is 6.27. The Hall–Kier alpha value is -2.57. The van der Waals surface area contributed by atoms with Crippen molar-refractivity contribution in [1.82, 2.24) is 15.8 Å². The lowest BCUT2D eigenvalue weighted by atomic mass is 9.78. The van der Waals surface area contributed by atoms with Crippen LogP contribution in [0.25, 0.3) is 0 Å². The average molecular weight is 418 g/mol. The molecule has 30 heavy (non-hydrogen) atoms. The van der Waals surface area contributed by atoms with Gasteiger partial charge in [-0.1, -0.05) is 60.6 Å². The number of aryl methyl sites for hydroxylation is 1. The van der Waals surface area contributed by atoms with Crippen molar-refractivity contribution < 1.29 is 19.5 Å². The van der Waals surface area contributed by atoms with Crippen molar-refractivity contribution in [3.05, 3.63) is 28.8 Å². The number of nitrogens with zero attached hydrogens (tertiary/aromatic N) is 1. The third-order valence-electron chi connectivity index (χ3n) is 5.63. The van der Waals surface area contributed by atoms with Gasteiger partial charge in [0.2, 0.25) is 5.91 Å². The summed E-state index contributed by atoms with van der Waals surface area (Å²) in [6, 6.07) is 3.24. The predicted octanol–water partition coefficient (Wildman–Crippen LogP) is 3.67. The number of imide groups is 1. The first-order valence-corrected chi connectivity index (χ1v) is 10.4. The largest absolute Gasteiger partial charge is 0.507 e. The number of benzene rings is 1. The molecule has 1 saturated heterocycles. The molecule has 1 heterocycles. The van der Waals surface area contributed by atoms with Crippen LogP contribution in [-0.4, -0.2) is 33.5 Å². The van der Waals surface area contributed by atoms with E-state index in [0.717, 1.165) is 21.7 Å².